The van der Waals surface area contributed by atoms with Crippen molar-refractivity contribution in [2.45, 2.75) is 24.8 Å². The minimum atomic E-state index is -0.490. The van der Waals surface area contributed by atoms with E-state index in [4.69, 9.17) is 4.74 Å². The summed E-state index contributed by atoms with van der Waals surface area (Å²) in [5.74, 6) is 0. The smallest absolute Gasteiger partial charge is 0.140 e. The first kappa shape index (κ1) is 19.6. The molecule has 0 radical (unpaired) electrons. The average molecular weight is 367 g/mol. The average Bonchev–Trinajstić information content (AvgIpc) is 2.72. The Balaban J connectivity index is 1.72. The highest BCUT2D eigenvalue weighted by atomic mass is 16.5. The zero-order chi connectivity index (χ0) is 19.1. The largest absolute Gasteiger partial charge is 0.378 e. The van der Waals surface area contributed by atoms with Crippen LogP contribution in [0.1, 0.15) is 17.5 Å². The lowest BCUT2D eigenvalue weighted by Crippen LogP contribution is -2.48. The Labute approximate surface area is 162 Å². The number of hydrogen-bond donors (Lipinski definition) is 0. The number of anilines is 1. The van der Waals surface area contributed by atoms with Crippen molar-refractivity contribution in [3.63, 3.8) is 0 Å². The third-order valence-corrected chi connectivity index (χ3v) is 5.60. The van der Waals surface area contributed by atoms with Gasteiger partial charge in [-0.3, -0.25) is 4.90 Å². The zero-order valence-electron chi connectivity index (χ0n) is 16.4. The lowest BCUT2D eigenvalue weighted by Gasteiger charge is -2.35. The van der Waals surface area contributed by atoms with Crippen molar-refractivity contribution in [1.29, 1.82) is 0 Å². The van der Waals surface area contributed by atoms with E-state index >= 15 is 0 Å². The maximum Gasteiger partial charge on any atom is 0.140 e. The number of morpholine rings is 1. The highest BCUT2D eigenvalue weighted by molar-refractivity contribution is 5.65. The Bertz CT molecular complexity index is 726. The van der Waals surface area contributed by atoms with E-state index in [9.17, 15) is 4.79 Å². The van der Waals surface area contributed by atoms with Gasteiger partial charge in [0.15, 0.2) is 0 Å². The summed E-state index contributed by atoms with van der Waals surface area (Å²) < 4.78 is 5.46. The summed E-state index contributed by atoms with van der Waals surface area (Å²) in [6, 6.07) is 19.0. The number of hydrogen-bond acceptors (Lipinski definition) is 4. The first-order valence-corrected chi connectivity index (χ1v) is 9.72. The summed E-state index contributed by atoms with van der Waals surface area (Å²) >= 11 is 0. The zero-order valence-corrected chi connectivity index (χ0v) is 16.4. The van der Waals surface area contributed by atoms with E-state index in [2.05, 4.69) is 46.2 Å². The van der Waals surface area contributed by atoms with Crippen LogP contribution in [0.3, 0.4) is 0 Å². The molecule has 27 heavy (non-hydrogen) atoms. The number of rotatable bonds is 8. The van der Waals surface area contributed by atoms with Gasteiger partial charge in [0.05, 0.1) is 18.8 Å². The Kier molecular flexibility index (Phi) is 6.64. The van der Waals surface area contributed by atoms with Crippen molar-refractivity contribution in [2.24, 2.45) is 0 Å². The summed E-state index contributed by atoms with van der Waals surface area (Å²) in [4.78, 5) is 16.6. The van der Waals surface area contributed by atoms with Crippen molar-refractivity contribution in [3.05, 3.63) is 65.7 Å². The maximum absolute atomic E-state index is 12.1. The molecule has 1 saturated heterocycles. The molecule has 2 aromatic rings. The van der Waals surface area contributed by atoms with Crippen LogP contribution in [0.25, 0.3) is 0 Å². The molecule has 2 aromatic carbocycles. The van der Waals surface area contributed by atoms with Gasteiger partial charge in [-0.15, -0.1) is 0 Å². The van der Waals surface area contributed by atoms with Crippen LogP contribution in [0.5, 0.6) is 0 Å². The van der Waals surface area contributed by atoms with Gasteiger partial charge in [-0.25, -0.2) is 0 Å². The number of benzene rings is 2. The van der Waals surface area contributed by atoms with Gasteiger partial charge in [0, 0.05) is 18.8 Å². The van der Waals surface area contributed by atoms with Crippen LogP contribution >= 0.6 is 0 Å². The summed E-state index contributed by atoms with van der Waals surface area (Å²) in [5.41, 5.74) is 3.23. The standard InChI is InChI=1S/C23H30N2O2/c1-24(2)23(19-26,18-21-7-4-3-5-8-21)12-11-20-9-6-10-22(17-20)25-13-15-27-16-14-25/h3-10,17,19H,11-16,18H2,1-2H3. The molecule has 0 aliphatic carbocycles. The second kappa shape index (κ2) is 9.16. The fourth-order valence-corrected chi connectivity index (χ4v) is 3.72. The van der Waals surface area contributed by atoms with Crippen LogP contribution in [0.15, 0.2) is 54.6 Å². The normalized spacial score (nSPS) is 16.9. The Hall–Kier alpha value is -2.17. The minimum absolute atomic E-state index is 0.490. The maximum atomic E-state index is 12.1. The monoisotopic (exact) mass is 366 g/mol. The first-order valence-electron chi connectivity index (χ1n) is 9.72. The van der Waals surface area contributed by atoms with Crippen LogP contribution in [0.4, 0.5) is 5.69 Å². The Morgan fingerprint density at radius 2 is 1.74 bits per heavy atom. The molecule has 0 spiro atoms. The molecule has 4 heteroatoms. The van der Waals surface area contributed by atoms with E-state index in [0.717, 1.165) is 51.9 Å². The van der Waals surface area contributed by atoms with Gasteiger partial charge >= 0.3 is 0 Å². The fourth-order valence-electron chi connectivity index (χ4n) is 3.72. The second-order valence-electron chi connectivity index (χ2n) is 7.55. The number of nitrogens with zero attached hydrogens (tertiary/aromatic N) is 2. The highest BCUT2D eigenvalue weighted by Crippen LogP contribution is 2.25. The van der Waals surface area contributed by atoms with Crippen molar-refractivity contribution < 1.29 is 9.53 Å². The van der Waals surface area contributed by atoms with Crippen molar-refractivity contribution in [3.8, 4) is 0 Å². The number of ether oxygens (including phenoxy) is 1. The van der Waals surface area contributed by atoms with Crippen LogP contribution in [0.2, 0.25) is 0 Å². The predicted molar refractivity (Wildman–Crippen MR) is 110 cm³/mol. The second-order valence-corrected chi connectivity index (χ2v) is 7.55. The van der Waals surface area contributed by atoms with Gasteiger partial charge in [0.25, 0.3) is 0 Å². The van der Waals surface area contributed by atoms with Gasteiger partial charge in [0.1, 0.15) is 6.29 Å². The molecule has 1 heterocycles. The van der Waals surface area contributed by atoms with Gasteiger partial charge in [-0.2, -0.15) is 0 Å². The third kappa shape index (κ3) is 4.96. The van der Waals surface area contributed by atoms with E-state index < -0.39 is 5.54 Å². The van der Waals surface area contributed by atoms with Gasteiger partial charge in [-0.1, -0.05) is 42.5 Å². The lowest BCUT2D eigenvalue weighted by atomic mass is 9.85. The quantitative estimate of drug-likeness (QED) is 0.672. The van der Waals surface area contributed by atoms with Gasteiger partial charge in [-0.05, 0) is 56.6 Å². The molecule has 0 amide bonds. The molecule has 0 aromatic heterocycles. The highest BCUT2D eigenvalue weighted by Gasteiger charge is 2.32. The van der Waals surface area contributed by atoms with E-state index in [0.29, 0.717) is 0 Å². The molecular formula is C23H30N2O2. The number of aryl methyl sites for hydroxylation is 1. The molecule has 3 rings (SSSR count). The summed E-state index contributed by atoms with van der Waals surface area (Å²) in [6.45, 7) is 3.45. The SMILES string of the molecule is CN(C)C(C=O)(CCc1cccc(N2CCOCC2)c1)Cc1ccccc1. The molecule has 1 unspecified atom stereocenters. The van der Waals surface area contributed by atoms with Gasteiger partial charge in [0.2, 0.25) is 0 Å². The van der Waals surface area contributed by atoms with Crippen molar-refractivity contribution >= 4 is 12.0 Å². The van der Waals surface area contributed by atoms with Crippen LogP contribution in [-0.4, -0.2) is 57.1 Å². The van der Waals surface area contributed by atoms with E-state index in [1.54, 1.807) is 0 Å². The van der Waals surface area contributed by atoms with E-state index in [1.165, 1.54) is 16.8 Å². The summed E-state index contributed by atoms with van der Waals surface area (Å²) in [5, 5.41) is 0. The Morgan fingerprint density at radius 1 is 1.04 bits per heavy atom. The minimum Gasteiger partial charge on any atom is -0.378 e. The first-order chi connectivity index (χ1) is 13.1. The number of aldehydes is 1. The van der Waals surface area contributed by atoms with E-state index in [1.807, 2.05) is 32.3 Å². The molecule has 1 aliphatic heterocycles. The molecular weight excluding hydrogens is 336 g/mol. The predicted octanol–water partition coefficient (Wildman–Crippen LogP) is 3.20. The Morgan fingerprint density at radius 3 is 2.41 bits per heavy atom. The molecule has 4 nitrogen and oxygen atoms in total. The molecule has 0 N–H and O–H groups in total. The van der Waals surface area contributed by atoms with Crippen molar-refractivity contribution in [2.75, 3.05) is 45.3 Å². The van der Waals surface area contributed by atoms with Crippen LogP contribution in [0, 0.1) is 0 Å². The van der Waals surface area contributed by atoms with Crippen LogP contribution < -0.4 is 4.90 Å². The summed E-state index contributed by atoms with van der Waals surface area (Å²) in [7, 11) is 4.00. The molecule has 144 valence electrons. The van der Waals surface area contributed by atoms with Gasteiger partial charge < -0.3 is 14.4 Å². The molecule has 0 saturated carbocycles. The third-order valence-electron chi connectivity index (χ3n) is 5.60. The molecule has 0 bridgehead atoms. The van der Waals surface area contributed by atoms with Crippen molar-refractivity contribution in [1.82, 2.24) is 4.90 Å². The topological polar surface area (TPSA) is 32.8 Å². The summed E-state index contributed by atoms with van der Waals surface area (Å²) in [6.07, 6.45) is 3.53. The lowest BCUT2D eigenvalue weighted by molar-refractivity contribution is -0.117. The number of likely N-dealkylation sites (N-methyl/N-ethyl adjacent to an activating group) is 1. The fraction of sp³-hybridized carbons (Fsp3) is 0.435. The molecule has 1 aliphatic rings. The number of carbonyl (C=O) groups excluding carboxylic acids is 1. The van der Waals surface area contributed by atoms with E-state index in [-0.39, 0.29) is 0 Å². The molecule has 1 atom stereocenters. The molecule has 1 fully saturated rings. The number of carbonyl (C=O) groups is 1. The van der Waals surface area contributed by atoms with Crippen LogP contribution in [-0.2, 0) is 22.4 Å².